The fourth-order valence-corrected chi connectivity index (χ4v) is 2.08. The van der Waals surface area contributed by atoms with Gasteiger partial charge in [-0.1, -0.05) is 0 Å². The van der Waals surface area contributed by atoms with E-state index in [1.165, 1.54) is 0 Å². The number of ether oxygens (including phenoxy) is 1. The highest BCUT2D eigenvalue weighted by molar-refractivity contribution is 8.08. The third-order valence-corrected chi connectivity index (χ3v) is 2.61. The molecule has 0 aliphatic carbocycles. The van der Waals surface area contributed by atoms with Gasteiger partial charge in [0.2, 0.25) is 0 Å². The van der Waals surface area contributed by atoms with Crippen LogP contribution in [0.25, 0.3) is 0 Å². The molecule has 1 N–H and O–H groups in total. The van der Waals surface area contributed by atoms with Gasteiger partial charge >= 0.3 is 6.64 Å². The molecule has 0 bridgehead atoms. The van der Waals surface area contributed by atoms with Crippen molar-refractivity contribution in [2.24, 2.45) is 4.76 Å². The van der Waals surface area contributed by atoms with Crippen molar-refractivity contribution >= 4 is 24.3 Å². The number of hydrogen-bond donors (Lipinski definition) is 1. The lowest BCUT2D eigenvalue weighted by Crippen LogP contribution is -1.99. The van der Waals surface area contributed by atoms with Gasteiger partial charge < -0.3 is 14.2 Å². The first-order valence-electron chi connectivity index (χ1n) is 3.68. The predicted molar refractivity (Wildman–Crippen MR) is 52.9 cm³/mol. The third-order valence-electron chi connectivity index (χ3n) is 0.918. The Labute approximate surface area is 77.8 Å². The SMILES string of the molecule is CCOC(C)=NP(O)(=S)OCC. The summed E-state index contributed by atoms with van der Waals surface area (Å²) in [6, 6.07) is 0. The van der Waals surface area contributed by atoms with Crippen LogP contribution in [0.15, 0.2) is 4.76 Å². The van der Waals surface area contributed by atoms with Crippen molar-refractivity contribution in [2.75, 3.05) is 13.2 Å². The zero-order valence-electron chi connectivity index (χ0n) is 7.48. The number of hydrogen-bond acceptors (Lipinski definition) is 3. The van der Waals surface area contributed by atoms with Crippen LogP contribution in [0.5, 0.6) is 0 Å². The summed E-state index contributed by atoms with van der Waals surface area (Å²) in [6.07, 6.45) is 0. The second kappa shape index (κ2) is 5.65. The second-order valence-corrected chi connectivity index (χ2v) is 4.83. The highest BCUT2D eigenvalue weighted by Gasteiger charge is 2.10. The summed E-state index contributed by atoms with van der Waals surface area (Å²) >= 11 is 4.71. The summed E-state index contributed by atoms with van der Waals surface area (Å²) in [4.78, 5) is 9.35. The molecule has 0 spiro atoms. The average molecular weight is 211 g/mol. The Bertz CT molecular complexity index is 207. The molecule has 1 unspecified atom stereocenters. The van der Waals surface area contributed by atoms with Crippen molar-refractivity contribution in [3.05, 3.63) is 0 Å². The van der Waals surface area contributed by atoms with Crippen LogP contribution in [0, 0.1) is 0 Å². The van der Waals surface area contributed by atoms with Gasteiger partial charge in [0.05, 0.1) is 13.2 Å². The lowest BCUT2D eigenvalue weighted by atomic mass is 10.7. The van der Waals surface area contributed by atoms with Gasteiger partial charge in [0.15, 0.2) is 5.90 Å². The molecule has 1 atom stereocenters. The van der Waals surface area contributed by atoms with Crippen molar-refractivity contribution in [2.45, 2.75) is 20.8 Å². The molecule has 0 aliphatic rings. The first-order chi connectivity index (χ1) is 5.52. The summed E-state index contributed by atoms with van der Waals surface area (Å²) in [6.45, 7) is 3.11. The second-order valence-electron chi connectivity index (χ2n) is 1.96. The van der Waals surface area contributed by atoms with E-state index in [-0.39, 0.29) is 0 Å². The minimum atomic E-state index is -2.98. The molecule has 0 aromatic carbocycles. The van der Waals surface area contributed by atoms with Crippen LogP contribution in [0.2, 0.25) is 0 Å². The minimum absolute atomic E-state index is 0.358. The molecule has 0 rings (SSSR count). The summed E-state index contributed by atoms with van der Waals surface area (Å²) in [5, 5.41) is 0. The van der Waals surface area contributed by atoms with Gasteiger partial charge in [0, 0.05) is 6.92 Å². The standard InChI is InChI=1S/C6H14NO3PS/c1-4-9-6(3)7-11(8,12)10-5-2/h4-5H2,1-3H3,(H,8,12). The van der Waals surface area contributed by atoms with Crippen LogP contribution >= 0.6 is 6.64 Å². The Morgan fingerprint density at radius 2 is 2.08 bits per heavy atom. The van der Waals surface area contributed by atoms with E-state index in [1.807, 2.05) is 6.92 Å². The topological polar surface area (TPSA) is 51.0 Å². The molecule has 0 fully saturated rings. The van der Waals surface area contributed by atoms with E-state index in [0.29, 0.717) is 19.1 Å². The summed E-state index contributed by atoms with van der Waals surface area (Å²) < 4.78 is 13.6. The highest BCUT2D eigenvalue weighted by atomic mass is 32.5. The van der Waals surface area contributed by atoms with Crippen molar-refractivity contribution in [3.63, 3.8) is 0 Å². The third kappa shape index (κ3) is 5.66. The lowest BCUT2D eigenvalue weighted by Gasteiger charge is -2.09. The van der Waals surface area contributed by atoms with Gasteiger partial charge in [0.1, 0.15) is 0 Å². The van der Waals surface area contributed by atoms with Crippen molar-refractivity contribution in [3.8, 4) is 0 Å². The maximum atomic E-state index is 9.35. The lowest BCUT2D eigenvalue weighted by molar-refractivity contribution is 0.313. The van der Waals surface area contributed by atoms with Crippen molar-refractivity contribution in [1.29, 1.82) is 0 Å². The van der Waals surface area contributed by atoms with Gasteiger partial charge in [0.25, 0.3) is 0 Å². The fourth-order valence-electron chi connectivity index (χ4n) is 0.613. The van der Waals surface area contributed by atoms with Crippen LogP contribution in [0.4, 0.5) is 0 Å². The average Bonchev–Trinajstić information content (AvgIpc) is 1.85. The van der Waals surface area contributed by atoms with E-state index in [4.69, 9.17) is 21.1 Å². The molecule has 0 aromatic rings. The first-order valence-corrected chi connectivity index (χ1v) is 6.31. The van der Waals surface area contributed by atoms with Crippen LogP contribution in [-0.4, -0.2) is 24.0 Å². The van der Waals surface area contributed by atoms with Crippen LogP contribution in [0.1, 0.15) is 20.8 Å². The van der Waals surface area contributed by atoms with E-state index in [1.54, 1.807) is 13.8 Å². The fraction of sp³-hybridized carbons (Fsp3) is 0.833. The van der Waals surface area contributed by atoms with Gasteiger partial charge in [-0.2, -0.15) is 4.76 Å². The Hall–Kier alpha value is 0.0400. The Kier molecular flexibility index (Phi) is 5.66. The molecule has 0 aliphatic heterocycles. The summed E-state index contributed by atoms with van der Waals surface area (Å²) in [7, 11) is 0. The molecule has 12 heavy (non-hydrogen) atoms. The van der Waals surface area contributed by atoms with E-state index in [0.717, 1.165) is 0 Å². The van der Waals surface area contributed by atoms with Crippen LogP contribution < -0.4 is 0 Å². The maximum absolute atomic E-state index is 9.35. The molecule has 0 aromatic heterocycles. The molecule has 0 saturated heterocycles. The molecule has 0 heterocycles. The normalized spacial score (nSPS) is 17.2. The van der Waals surface area contributed by atoms with Crippen molar-refractivity contribution < 1.29 is 14.2 Å². The molecule has 0 radical (unpaired) electrons. The maximum Gasteiger partial charge on any atom is 0.309 e. The molecule has 4 nitrogen and oxygen atoms in total. The minimum Gasteiger partial charge on any atom is -0.481 e. The van der Waals surface area contributed by atoms with Gasteiger partial charge in [-0.25, -0.2) is 0 Å². The monoisotopic (exact) mass is 211 g/mol. The summed E-state index contributed by atoms with van der Waals surface area (Å²) in [5.41, 5.74) is 0. The smallest absolute Gasteiger partial charge is 0.309 e. The largest absolute Gasteiger partial charge is 0.481 e. The van der Waals surface area contributed by atoms with Crippen LogP contribution in [0.3, 0.4) is 0 Å². The first kappa shape index (κ1) is 12.0. The highest BCUT2D eigenvalue weighted by Crippen LogP contribution is 2.43. The number of rotatable bonds is 4. The molecule has 0 amide bonds. The summed E-state index contributed by atoms with van der Waals surface area (Å²) in [5.74, 6) is 0.372. The van der Waals surface area contributed by atoms with Crippen LogP contribution in [-0.2, 0) is 21.1 Å². The quantitative estimate of drug-likeness (QED) is 0.437. The molecular formula is C6H14NO3PS. The van der Waals surface area contributed by atoms with E-state index in [9.17, 15) is 4.89 Å². The van der Waals surface area contributed by atoms with Gasteiger partial charge in [-0.05, 0) is 25.7 Å². The zero-order valence-corrected chi connectivity index (χ0v) is 9.19. The predicted octanol–water partition coefficient (Wildman–Crippen LogP) is 1.69. The number of nitrogens with zero attached hydrogens (tertiary/aromatic N) is 1. The Balaban J connectivity index is 4.18. The van der Waals surface area contributed by atoms with E-state index >= 15 is 0 Å². The van der Waals surface area contributed by atoms with Crippen molar-refractivity contribution in [1.82, 2.24) is 0 Å². The molecule has 0 saturated carbocycles. The molecular weight excluding hydrogens is 197 g/mol. The Morgan fingerprint density at radius 1 is 1.50 bits per heavy atom. The van der Waals surface area contributed by atoms with Gasteiger partial charge in [-0.15, -0.1) is 0 Å². The Morgan fingerprint density at radius 3 is 2.50 bits per heavy atom. The van der Waals surface area contributed by atoms with E-state index < -0.39 is 6.64 Å². The van der Waals surface area contributed by atoms with E-state index in [2.05, 4.69) is 4.76 Å². The molecule has 72 valence electrons. The zero-order chi connectivity index (χ0) is 9.61. The molecule has 6 heteroatoms. The van der Waals surface area contributed by atoms with Gasteiger partial charge in [-0.3, -0.25) is 0 Å².